The lowest BCUT2D eigenvalue weighted by molar-refractivity contribution is -0.118. The summed E-state index contributed by atoms with van der Waals surface area (Å²) in [6.45, 7) is 4.32. The Hall–Kier alpha value is -3.17. The molecule has 0 spiro atoms. The fraction of sp³-hybridized carbons (Fsp3) is 0.240. The first-order valence-electron chi connectivity index (χ1n) is 10.8. The molecule has 0 saturated carbocycles. The molecular formula is C25H24FN3O3S2. The molecule has 0 unspecified atom stereocenters. The Morgan fingerprint density at radius 2 is 1.85 bits per heavy atom. The second-order valence-corrected chi connectivity index (χ2v) is 11.2. The fourth-order valence-electron chi connectivity index (χ4n) is 3.57. The molecule has 0 aliphatic carbocycles. The summed E-state index contributed by atoms with van der Waals surface area (Å²) < 4.78 is 39.3. The molecule has 2 heterocycles. The molecule has 0 aliphatic heterocycles. The van der Waals surface area contributed by atoms with E-state index in [1.165, 1.54) is 23.5 Å². The highest BCUT2D eigenvalue weighted by molar-refractivity contribution is 7.91. The molecule has 1 amide bonds. The van der Waals surface area contributed by atoms with Crippen LogP contribution < -0.4 is 4.90 Å². The Bertz CT molecular complexity index is 1420. The number of sulfone groups is 1. The highest BCUT2D eigenvalue weighted by atomic mass is 32.2. The number of pyridine rings is 1. The van der Waals surface area contributed by atoms with Gasteiger partial charge in [0.15, 0.2) is 15.0 Å². The molecule has 0 radical (unpaired) electrons. The Balaban J connectivity index is 1.55. The highest BCUT2D eigenvalue weighted by Crippen LogP contribution is 2.33. The van der Waals surface area contributed by atoms with E-state index in [0.29, 0.717) is 5.13 Å². The maximum atomic E-state index is 13.3. The van der Waals surface area contributed by atoms with Crippen molar-refractivity contribution in [3.8, 4) is 0 Å². The minimum absolute atomic E-state index is 0.0363. The monoisotopic (exact) mass is 497 g/mol. The van der Waals surface area contributed by atoms with E-state index in [1.54, 1.807) is 23.4 Å². The van der Waals surface area contributed by atoms with Gasteiger partial charge >= 0.3 is 0 Å². The van der Waals surface area contributed by atoms with Gasteiger partial charge in [0.2, 0.25) is 5.91 Å². The van der Waals surface area contributed by atoms with E-state index < -0.39 is 15.7 Å². The number of hydrogen-bond donors (Lipinski definition) is 0. The average Bonchev–Trinajstić information content (AvgIpc) is 3.25. The van der Waals surface area contributed by atoms with E-state index in [2.05, 4.69) is 4.98 Å². The van der Waals surface area contributed by atoms with E-state index in [0.717, 1.165) is 39.0 Å². The van der Waals surface area contributed by atoms with Crippen LogP contribution in [0.25, 0.3) is 10.2 Å². The summed E-state index contributed by atoms with van der Waals surface area (Å²) in [5.41, 5.74) is 3.91. The van der Waals surface area contributed by atoms with Gasteiger partial charge in [-0.15, -0.1) is 0 Å². The number of fused-ring (bicyclic) bond motifs is 1. The van der Waals surface area contributed by atoms with Crippen LogP contribution in [0.5, 0.6) is 0 Å². The van der Waals surface area contributed by atoms with Gasteiger partial charge in [0.05, 0.1) is 27.4 Å². The number of aryl methyl sites for hydroxylation is 2. The Kier molecular flexibility index (Phi) is 7.04. The van der Waals surface area contributed by atoms with E-state index in [9.17, 15) is 17.6 Å². The van der Waals surface area contributed by atoms with Crippen molar-refractivity contribution in [2.45, 2.75) is 38.1 Å². The van der Waals surface area contributed by atoms with Crippen LogP contribution in [0.2, 0.25) is 0 Å². The van der Waals surface area contributed by atoms with E-state index in [-0.39, 0.29) is 35.9 Å². The van der Waals surface area contributed by atoms with Crippen molar-refractivity contribution in [2.75, 3.05) is 10.7 Å². The van der Waals surface area contributed by atoms with Crippen molar-refractivity contribution in [2.24, 2.45) is 0 Å². The van der Waals surface area contributed by atoms with Crippen LogP contribution in [0, 0.1) is 19.7 Å². The van der Waals surface area contributed by atoms with Gasteiger partial charge < -0.3 is 0 Å². The van der Waals surface area contributed by atoms with Gasteiger partial charge in [-0.1, -0.05) is 23.5 Å². The average molecular weight is 498 g/mol. The Labute approximate surface area is 202 Å². The number of carbonyl (C=O) groups excluding carboxylic acids is 1. The first-order valence-corrected chi connectivity index (χ1v) is 13.3. The lowest BCUT2D eigenvalue weighted by Crippen LogP contribution is -2.30. The fourth-order valence-corrected chi connectivity index (χ4v) is 5.93. The van der Waals surface area contributed by atoms with Gasteiger partial charge in [0.25, 0.3) is 0 Å². The third kappa shape index (κ3) is 5.31. The molecule has 176 valence electrons. The first kappa shape index (κ1) is 24.0. The zero-order valence-electron chi connectivity index (χ0n) is 18.9. The standard InChI is InChI=1S/C25H24FN3O3S2/c1-17-7-12-22-24(18(17)2)28-25(33-22)29(16-19-5-3-13-27-15-19)23(30)6-4-14-34(31,32)21-10-8-20(26)9-11-21/h3,5,7-13,15H,4,6,14,16H2,1-2H3. The third-order valence-electron chi connectivity index (χ3n) is 5.65. The molecule has 2 aromatic carbocycles. The number of benzene rings is 2. The molecule has 4 rings (SSSR count). The molecule has 0 atom stereocenters. The Morgan fingerprint density at radius 1 is 1.09 bits per heavy atom. The van der Waals surface area contributed by atoms with Crippen molar-refractivity contribution >= 4 is 42.4 Å². The van der Waals surface area contributed by atoms with Crippen LogP contribution in [0.4, 0.5) is 9.52 Å². The molecule has 0 fully saturated rings. The normalized spacial score (nSPS) is 11.6. The van der Waals surface area contributed by atoms with Gasteiger partial charge in [-0.25, -0.2) is 17.8 Å². The lowest BCUT2D eigenvalue weighted by Gasteiger charge is -2.20. The van der Waals surface area contributed by atoms with Gasteiger partial charge in [-0.2, -0.15) is 0 Å². The number of halogens is 1. The van der Waals surface area contributed by atoms with Gasteiger partial charge in [0.1, 0.15) is 5.82 Å². The number of thiazole rings is 1. The van der Waals surface area contributed by atoms with Gasteiger partial charge in [-0.05, 0) is 73.4 Å². The maximum absolute atomic E-state index is 13.3. The zero-order valence-corrected chi connectivity index (χ0v) is 20.5. The molecule has 0 aliphatic rings. The number of nitrogens with zero attached hydrogens (tertiary/aromatic N) is 3. The maximum Gasteiger partial charge on any atom is 0.229 e. The van der Waals surface area contributed by atoms with Gasteiger partial charge in [-0.3, -0.25) is 14.7 Å². The largest absolute Gasteiger partial charge is 0.284 e. The molecule has 2 aromatic heterocycles. The quantitative estimate of drug-likeness (QED) is 0.311. The van der Waals surface area contributed by atoms with E-state index >= 15 is 0 Å². The van der Waals surface area contributed by atoms with Gasteiger partial charge in [0, 0.05) is 18.8 Å². The summed E-state index contributed by atoms with van der Waals surface area (Å²) in [7, 11) is -3.61. The second-order valence-electron chi connectivity index (χ2n) is 8.07. The second kappa shape index (κ2) is 9.99. The van der Waals surface area contributed by atoms with Crippen molar-refractivity contribution in [3.05, 3.63) is 83.4 Å². The molecule has 4 aromatic rings. The van der Waals surface area contributed by atoms with Crippen LogP contribution in [0.15, 0.2) is 65.8 Å². The summed E-state index contributed by atoms with van der Waals surface area (Å²) >= 11 is 1.43. The Morgan fingerprint density at radius 3 is 2.56 bits per heavy atom. The summed E-state index contributed by atoms with van der Waals surface area (Å²) in [6, 6.07) is 12.4. The van der Waals surface area contributed by atoms with Crippen LogP contribution in [-0.4, -0.2) is 30.0 Å². The smallest absolute Gasteiger partial charge is 0.229 e. The molecule has 34 heavy (non-hydrogen) atoms. The summed E-state index contributed by atoms with van der Waals surface area (Å²) in [4.78, 5) is 23.8. The summed E-state index contributed by atoms with van der Waals surface area (Å²) in [6.07, 6.45) is 3.54. The first-order chi connectivity index (χ1) is 16.2. The number of aromatic nitrogens is 2. The molecule has 0 saturated heterocycles. The van der Waals surface area contributed by atoms with E-state index in [1.807, 2.05) is 32.0 Å². The van der Waals surface area contributed by atoms with Crippen LogP contribution in [0.3, 0.4) is 0 Å². The molecule has 0 bridgehead atoms. The van der Waals surface area contributed by atoms with E-state index in [4.69, 9.17) is 4.98 Å². The summed E-state index contributed by atoms with van der Waals surface area (Å²) in [5, 5.41) is 0.568. The predicted molar refractivity (Wildman–Crippen MR) is 132 cm³/mol. The van der Waals surface area contributed by atoms with Crippen molar-refractivity contribution in [1.82, 2.24) is 9.97 Å². The van der Waals surface area contributed by atoms with Crippen LogP contribution in [-0.2, 0) is 21.2 Å². The third-order valence-corrected chi connectivity index (χ3v) is 8.51. The number of amides is 1. The lowest BCUT2D eigenvalue weighted by atomic mass is 10.1. The number of hydrogen-bond acceptors (Lipinski definition) is 6. The van der Waals surface area contributed by atoms with Crippen molar-refractivity contribution in [3.63, 3.8) is 0 Å². The van der Waals surface area contributed by atoms with Crippen molar-refractivity contribution in [1.29, 1.82) is 0 Å². The van der Waals surface area contributed by atoms with Crippen LogP contribution >= 0.6 is 11.3 Å². The molecule has 0 N–H and O–H groups in total. The molecular weight excluding hydrogens is 473 g/mol. The summed E-state index contributed by atoms with van der Waals surface area (Å²) in [5.74, 6) is -0.920. The topological polar surface area (TPSA) is 80.2 Å². The SMILES string of the molecule is Cc1ccc2sc(N(Cc3cccnc3)C(=O)CCCS(=O)(=O)c3ccc(F)cc3)nc2c1C. The highest BCUT2D eigenvalue weighted by Gasteiger charge is 2.22. The number of rotatable bonds is 8. The zero-order chi connectivity index (χ0) is 24.3. The minimum Gasteiger partial charge on any atom is -0.284 e. The minimum atomic E-state index is -3.61. The molecule has 9 heteroatoms. The van der Waals surface area contributed by atoms with Crippen LogP contribution in [0.1, 0.15) is 29.5 Å². The molecule has 6 nitrogen and oxygen atoms in total. The number of carbonyl (C=O) groups is 1. The van der Waals surface area contributed by atoms with Crippen molar-refractivity contribution < 1.29 is 17.6 Å². The predicted octanol–water partition coefficient (Wildman–Crippen LogP) is 5.23. The number of anilines is 1.